The summed E-state index contributed by atoms with van der Waals surface area (Å²) in [5.41, 5.74) is 11.9. The number of rotatable bonds is 28. The molecule has 22 heteroatoms. The van der Waals surface area contributed by atoms with Gasteiger partial charge in [0.1, 0.15) is 48.3 Å². The summed E-state index contributed by atoms with van der Waals surface area (Å²) in [4.78, 5) is 136. The second-order valence-electron chi connectivity index (χ2n) is 19.4. The SMILES string of the molecule is CC[C@H](C)[C@H](NC(=O)[C@H](CCC(=O)O)NC(=O)[C@H](CCCCN)NC(=O)[C@H](C)NC(=O)[C@@H](NC(=O)[C@@H](NC(=O)[C@@H]1CCCN1C(=O)[C@@H]1CCCN1C(=O)[C@@H](N)CC(C)C)C(C)C)C(C)C)C(=O)O. The Morgan fingerprint density at radius 3 is 1.68 bits per heavy atom. The maximum absolute atomic E-state index is 13.9. The van der Waals surface area contributed by atoms with Crippen molar-refractivity contribution >= 4 is 59.2 Å². The first-order chi connectivity index (χ1) is 31.9. The summed E-state index contributed by atoms with van der Waals surface area (Å²) in [6.07, 6.45) is 2.75. The van der Waals surface area contributed by atoms with Gasteiger partial charge in [-0.2, -0.15) is 0 Å². The number of nitrogens with two attached hydrogens (primary N) is 2. The van der Waals surface area contributed by atoms with E-state index in [0.29, 0.717) is 64.5 Å². The Labute approximate surface area is 400 Å². The highest BCUT2D eigenvalue weighted by atomic mass is 16.4. The minimum atomic E-state index is -1.47. The van der Waals surface area contributed by atoms with Crippen molar-refractivity contribution in [3.05, 3.63) is 0 Å². The average Bonchev–Trinajstić information content (AvgIpc) is 3.97. The van der Waals surface area contributed by atoms with E-state index >= 15 is 0 Å². The average molecular weight is 965 g/mol. The highest BCUT2D eigenvalue weighted by Crippen LogP contribution is 2.26. The van der Waals surface area contributed by atoms with Crippen molar-refractivity contribution < 1.29 is 58.2 Å². The Kier molecular flexibility index (Phi) is 24.4. The molecule has 386 valence electrons. The van der Waals surface area contributed by atoms with Crippen LogP contribution in [0.25, 0.3) is 0 Å². The van der Waals surface area contributed by atoms with E-state index in [1.165, 1.54) is 16.7 Å². The molecule has 0 bridgehead atoms. The third-order valence-electron chi connectivity index (χ3n) is 12.6. The smallest absolute Gasteiger partial charge is 0.326 e. The molecule has 2 fully saturated rings. The van der Waals surface area contributed by atoms with Crippen molar-refractivity contribution in [3.8, 4) is 0 Å². The van der Waals surface area contributed by atoms with E-state index in [9.17, 15) is 58.2 Å². The van der Waals surface area contributed by atoms with Gasteiger partial charge in [0.05, 0.1) is 6.04 Å². The first-order valence-corrected chi connectivity index (χ1v) is 24.2. The molecular formula is C46H80N10O12. The molecule has 2 aliphatic heterocycles. The van der Waals surface area contributed by atoms with Gasteiger partial charge in [0.25, 0.3) is 0 Å². The van der Waals surface area contributed by atoms with Crippen LogP contribution in [0.15, 0.2) is 0 Å². The van der Waals surface area contributed by atoms with E-state index in [-0.39, 0.29) is 37.1 Å². The molecule has 2 saturated heterocycles. The van der Waals surface area contributed by atoms with E-state index in [2.05, 4.69) is 31.9 Å². The topological polar surface area (TPSA) is 342 Å². The van der Waals surface area contributed by atoms with Gasteiger partial charge >= 0.3 is 11.9 Å². The lowest BCUT2D eigenvalue weighted by Crippen LogP contribution is -2.61. The van der Waals surface area contributed by atoms with E-state index in [0.717, 1.165) is 0 Å². The van der Waals surface area contributed by atoms with Crippen LogP contribution in [-0.2, 0) is 47.9 Å². The second-order valence-corrected chi connectivity index (χ2v) is 19.4. The molecule has 0 radical (unpaired) electrons. The van der Waals surface area contributed by atoms with Gasteiger partial charge in [-0.15, -0.1) is 0 Å². The van der Waals surface area contributed by atoms with Gasteiger partial charge < -0.3 is 63.4 Å². The summed E-state index contributed by atoms with van der Waals surface area (Å²) in [7, 11) is 0. The van der Waals surface area contributed by atoms with Crippen LogP contribution in [0.1, 0.15) is 133 Å². The summed E-state index contributed by atoms with van der Waals surface area (Å²) in [5, 5.41) is 34.5. The summed E-state index contributed by atoms with van der Waals surface area (Å²) in [5.74, 6) is -9.06. The van der Waals surface area contributed by atoms with Crippen LogP contribution in [0.5, 0.6) is 0 Å². The lowest BCUT2D eigenvalue weighted by molar-refractivity contribution is -0.147. The number of hydrogen-bond acceptors (Lipinski definition) is 12. The number of nitrogens with one attached hydrogen (secondary N) is 6. The molecule has 10 atom stereocenters. The molecule has 0 aromatic rings. The van der Waals surface area contributed by atoms with Gasteiger partial charge in [0.2, 0.25) is 47.3 Å². The maximum atomic E-state index is 13.9. The predicted octanol–water partition coefficient (Wildman–Crippen LogP) is -0.293. The molecular weight excluding hydrogens is 885 g/mol. The predicted molar refractivity (Wildman–Crippen MR) is 251 cm³/mol. The fourth-order valence-corrected chi connectivity index (χ4v) is 8.34. The zero-order chi connectivity index (χ0) is 51.6. The zero-order valence-electron chi connectivity index (χ0n) is 41.4. The fraction of sp³-hybridized carbons (Fsp3) is 0.783. The molecule has 22 nitrogen and oxygen atoms in total. The van der Waals surface area contributed by atoms with E-state index in [4.69, 9.17) is 11.5 Å². The van der Waals surface area contributed by atoms with Gasteiger partial charge in [-0.3, -0.25) is 43.2 Å². The van der Waals surface area contributed by atoms with Crippen LogP contribution < -0.4 is 43.4 Å². The number of nitrogens with zero attached hydrogens (tertiary/aromatic N) is 2. The van der Waals surface area contributed by atoms with E-state index in [1.54, 1.807) is 41.5 Å². The van der Waals surface area contributed by atoms with E-state index < -0.39 is 126 Å². The number of carbonyl (C=O) groups excluding carboxylic acids is 8. The van der Waals surface area contributed by atoms with Crippen molar-refractivity contribution in [2.75, 3.05) is 19.6 Å². The molecule has 68 heavy (non-hydrogen) atoms. The molecule has 12 N–H and O–H groups in total. The minimum absolute atomic E-state index is 0.0406. The molecule has 0 aliphatic carbocycles. The molecule has 2 heterocycles. The first kappa shape index (κ1) is 58.7. The van der Waals surface area contributed by atoms with E-state index in [1.807, 2.05) is 13.8 Å². The van der Waals surface area contributed by atoms with Crippen LogP contribution in [0, 0.1) is 23.7 Å². The van der Waals surface area contributed by atoms with Crippen LogP contribution in [0.2, 0.25) is 0 Å². The Bertz CT molecular complexity index is 1780. The first-order valence-electron chi connectivity index (χ1n) is 24.2. The third kappa shape index (κ3) is 17.6. The Balaban J connectivity index is 2.19. The number of carboxylic acid groups (broad SMARTS) is 2. The molecule has 2 rings (SSSR count). The third-order valence-corrected chi connectivity index (χ3v) is 12.6. The van der Waals surface area contributed by atoms with Gasteiger partial charge in [-0.05, 0) is 94.9 Å². The van der Waals surface area contributed by atoms with Crippen molar-refractivity contribution in [1.82, 2.24) is 41.7 Å². The van der Waals surface area contributed by atoms with Crippen molar-refractivity contribution in [1.29, 1.82) is 0 Å². The van der Waals surface area contributed by atoms with Crippen molar-refractivity contribution in [3.63, 3.8) is 0 Å². The van der Waals surface area contributed by atoms with Crippen LogP contribution in [0.4, 0.5) is 0 Å². The normalized spacial score (nSPS) is 19.5. The minimum Gasteiger partial charge on any atom is -0.481 e. The molecule has 0 aromatic heterocycles. The summed E-state index contributed by atoms with van der Waals surface area (Å²) in [6.45, 7) is 16.3. The summed E-state index contributed by atoms with van der Waals surface area (Å²) in [6, 6.07) is -10.1. The number of amides is 8. The van der Waals surface area contributed by atoms with Gasteiger partial charge in [0.15, 0.2) is 0 Å². The van der Waals surface area contributed by atoms with Crippen molar-refractivity contribution in [2.45, 2.75) is 187 Å². The Morgan fingerprint density at radius 1 is 0.618 bits per heavy atom. The van der Waals surface area contributed by atoms with Crippen LogP contribution in [-0.4, -0.2) is 153 Å². The lowest BCUT2D eigenvalue weighted by atomic mass is 9.98. The van der Waals surface area contributed by atoms with Gasteiger partial charge in [-0.1, -0.05) is 61.8 Å². The molecule has 0 spiro atoms. The highest BCUT2D eigenvalue weighted by molar-refractivity contribution is 5.98. The van der Waals surface area contributed by atoms with Crippen molar-refractivity contribution in [2.24, 2.45) is 35.1 Å². The van der Waals surface area contributed by atoms with Crippen LogP contribution in [0.3, 0.4) is 0 Å². The number of unbranched alkanes of at least 4 members (excludes halogenated alkanes) is 1. The monoisotopic (exact) mass is 965 g/mol. The number of carboxylic acids is 2. The summed E-state index contributed by atoms with van der Waals surface area (Å²) < 4.78 is 0. The molecule has 0 saturated carbocycles. The zero-order valence-corrected chi connectivity index (χ0v) is 41.4. The quantitative estimate of drug-likeness (QED) is 0.0451. The Hall–Kier alpha value is -5.38. The number of hydrogen-bond donors (Lipinski definition) is 10. The highest BCUT2D eigenvalue weighted by Gasteiger charge is 2.44. The standard InChI is InChI=1S/C46H80N10O12/c1-10-27(8)37(46(67)68)54-40(61)31(18-19-34(57)58)51-39(60)30(15-11-12-20-47)50-38(59)28(9)49-42(63)35(25(4)5)53-43(64)36(26(6)7)52-41(62)32-16-13-21-55(32)45(66)33-17-14-22-56(33)44(65)29(48)23-24(2)3/h24-33,35-37H,10-23,47-48H2,1-9H3,(H,49,63)(H,50,59)(H,51,60)(H,52,62)(H,53,64)(H,54,61)(H,57,58)(H,67,68)/t27-,28-,29-,30-,31-,32-,33-,35-,36-,37-/m0/s1. The van der Waals surface area contributed by atoms with Crippen LogP contribution >= 0.6 is 0 Å². The van der Waals surface area contributed by atoms with Gasteiger partial charge in [-0.25, -0.2) is 4.79 Å². The second kappa shape index (κ2) is 28.2. The molecule has 2 aliphatic rings. The molecule has 0 aromatic carbocycles. The molecule has 0 unspecified atom stereocenters. The van der Waals surface area contributed by atoms with Gasteiger partial charge in [0, 0.05) is 19.5 Å². The number of likely N-dealkylation sites (tertiary alicyclic amines) is 2. The number of carbonyl (C=O) groups is 10. The summed E-state index contributed by atoms with van der Waals surface area (Å²) >= 11 is 0. The lowest BCUT2D eigenvalue weighted by Gasteiger charge is -2.33. The maximum Gasteiger partial charge on any atom is 0.326 e. The Morgan fingerprint density at radius 2 is 1.13 bits per heavy atom. The molecule has 8 amide bonds. The number of aliphatic carboxylic acids is 2. The fourth-order valence-electron chi connectivity index (χ4n) is 8.34. The largest absolute Gasteiger partial charge is 0.481 e.